The van der Waals surface area contributed by atoms with Gasteiger partial charge in [-0.3, -0.25) is 0 Å². The lowest BCUT2D eigenvalue weighted by atomic mass is 9.93. The monoisotopic (exact) mass is 892 g/mol. The van der Waals surface area contributed by atoms with Gasteiger partial charge in [0.05, 0.1) is 22.1 Å². The molecule has 1 aliphatic rings. The quantitative estimate of drug-likeness (QED) is 0.147. The minimum Gasteiger partial charge on any atom is -0.309 e. The van der Waals surface area contributed by atoms with Crippen LogP contribution in [-0.4, -0.2) is 9.13 Å². The number of aromatic nitrogens is 2. The number of para-hydroxylation sites is 2. The maximum absolute atomic E-state index is 3.52. The Balaban J connectivity index is 0.000000756. The van der Waals surface area contributed by atoms with Crippen LogP contribution in [0.4, 0.5) is 0 Å². The number of nitrogens with zero attached hydrogens (tertiary/aromatic N) is 2. The normalized spacial score (nSPS) is 11.6. The van der Waals surface area contributed by atoms with E-state index >= 15 is 0 Å². The third kappa shape index (κ3) is 6.64. The standard InChI is InChI=1S/C62H38N2.C6H10/c1-2-14-45(15-3-1)64-60-38-44(29-31-52(60)56-32-28-40-12-4-5-17-48(40)62(56)64)43-30-35-59-57(37-43)51-20-8-9-23-58(51)63(59)46-16-10-13-42(36-46)39-24-26-41(27-25-39)47-33-34-55-50-19-7-6-18-49(50)54-22-11-21-53(47)61(54)55;1-4-5-6(2)3/h1-38H;4-5H,1H2,2-3H3. The molecule has 0 saturated heterocycles. The molecular weight excluding hydrogens is 845 g/mol. The summed E-state index contributed by atoms with van der Waals surface area (Å²) in [6.45, 7) is 7.61. The molecule has 13 aromatic rings. The summed E-state index contributed by atoms with van der Waals surface area (Å²) in [6.07, 6.45) is 3.76. The zero-order valence-corrected chi connectivity index (χ0v) is 39.2. The molecule has 0 bridgehead atoms. The van der Waals surface area contributed by atoms with Gasteiger partial charge in [0.2, 0.25) is 0 Å². The predicted octanol–water partition coefficient (Wildman–Crippen LogP) is 19.0. The van der Waals surface area contributed by atoms with E-state index in [-0.39, 0.29) is 0 Å². The minimum absolute atomic E-state index is 1.15. The van der Waals surface area contributed by atoms with E-state index < -0.39 is 0 Å². The summed E-state index contributed by atoms with van der Waals surface area (Å²) in [6, 6.07) is 85.2. The van der Waals surface area contributed by atoms with Crippen LogP contribution in [0.25, 0.3) is 132 Å². The lowest BCUT2D eigenvalue weighted by Crippen LogP contribution is -1.95. The number of rotatable bonds is 6. The molecular formula is C68H48N2. The summed E-state index contributed by atoms with van der Waals surface area (Å²) in [7, 11) is 0. The van der Waals surface area contributed by atoms with Crippen LogP contribution in [0.2, 0.25) is 0 Å². The molecule has 0 saturated carbocycles. The first-order valence-corrected chi connectivity index (χ1v) is 24.2. The second-order valence-electron chi connectivity index (χ2n) is 18.7. The minimum atomic E-state index is 1.15. The Labute approximate surface area is 408 Å². The smallest absolute Gasteiger partial charge is 0.0619 e. The van der Waals surface area contributed by atoms with Gasteiger partial charge in [-0.1, -0.05) is 206 Å². The van der Waals surface area contributed by atoms with Crippen molar-refractivity contribution in [3.05, 3.63) is 255 Å². The van der Waals surface area contributed by atoms with Crippen molar-refractivity contribution in [2.45, 2.75) is 13.8 Å². The molecule has 0 N–H and O–H groups in total. The second-order valence-corrected chi connectivity index (χ2v) is 18.7. The molecule has 2 heterocycles. The Morgan fingerprint density at radius 1 is 0.343 bits per heavy atom. The molecule has 2 aromatic heterocycles. The predicted molar refractivity (Wildman–Crippen MR) is 300 cm³/mol. The second kappa shape index (κ2) is 16.7. The molecule has 330 valence electrons. The average molecular weight is 893 g/mol. The van der Waals surface area contributed by atoms with Crippen molar-refractivity contribution in [2.75, 3.05) is 0 Å². The third-order valence-corrected chi connectivity index (χ3v) is 14.3. The van der Waals surface area contributed by atoms with Crippen molar-refractivity contribution >= 4 is 65.2 Å². The lowest BCUT2D eigenvalue weighted by Gasteiger charge is -2.12. The Hall–Kier alpha value is -8.98. The molecule has 0 fully saturated rings. The van der Waals surface area contributed by atoms with Crippen molar-refractivity contribution in [3.63, 3.8) is 0 Å². The Morgan fingerprint density at radius 2 is 0.914 bits per heavy atom. The van der Waals surface area contributed by atoms with Crippen molar-refractivity contribution in [1.29, 1.82) is 0 Å². The summed E-state index contributed by atoms with van der Waals surface area (Å²) in [5.41, 5.74) is 21.1. The molecule has 14 rings (SSSR count). The molecule has 2 nitrogen and oxygen atoms in total. The molecule has 0 atom stereocenters. The van der Waals surface area contributed by atoms with E-state index in [4.69, 9.17) is 0 Å². The topological polar surface area (TPSA) is 9.86 Å². The molecule has 0 radical (unpaired) electrons. The Kier molecular flexibility index (Phi) is 9.81. The van der Waals surface area contributed by atoms with Gasteiger partial charge in [0.1, 0.15) is 0 Å². The van der Waals surface area contributed by atoms with Gasteiger partial charge >= 0.3 is 0 Å². The summed E-state index contributed by atoms with van der Waals surface area (Å²) in [4.78, 5) is 0. The Morgan fingerprint density at radius 3 is 1.71 bits per heavy atom. The van der Waals surface area contributed by atoms with Crippen LogP contribution in [-0.2, 0) is 0 Å². The maximum atomic E-state index is 3.52. The van der Waals surface area contributed by atoms with Crippen molar-refractivity contribution in [2.24, 2.45) is 0 Å². The molecule has 0 amide bonds. The summed E-state index contributed by atoms with van der Waals surface area (Å²) in [5, 5.41) is 10.2. The third-order valence-electron chi connectivity index (χ3n) is 14.3. The highest BCUT2D eigenvalue weighted by Gasteiger charge is 2.23. The maximum Gasteiger partial charge on any atom is 0.0619 e. The summed E-state index contributed by atoms with van der Waals surface area (Å²) < 4.78 is 4.88. The van der Waals surface area contributed by atoms with E-state index in [1.165, 1.54) is 126 Å². The van der Waals surface area contributed by atoms with E-state index in [1.54, 1.807) is 6.08 Å². The van der Waals surface area contributed by atoms with Gasteiger partial charge in [-0.15, -0.1) is 0 Å². The van der Waals surface area contributed by atoms with Crippen LogP contribution < -0.4 is 0 Å². The fourth-order valence-corrected chi connectivity index (χ4v) is 11.2. The summed E-state index contributed by atoms with van der Waals surface area (Å²) in [5.74, 6) is 0. The van der Waals surface area contributed by atoms with Gasteiger partial charge in [-0.2, -0.15) is 0 Å². The first kappa shape index (κ1) is 41.2. The zero-order valence-electron chi connectivity index (χ0n) is 39.2. The van der Waals surface area contributed by atoms with Crippen LogP contribution in [0.15, 0.2) is 255 Å². The van der Waals surface area contributed by atoms with Crippen LogP contribution in [0.3, 0.4) is 0 Å². The highest BCUT2D eigenvalue weighted by atomic mass is 15.0. The number of hydrogen-bond acceptors (Lipinski definition) is 0. The number of hydrogen-bond donors (Lipinski definition) is 0. The molecule has 2 heteroatoms. The highest BCUT2D eigenvalue weighted by Crippen LogP contribution is 2.49. The first-order valence-electron chi connectivity index (χ1n) is 24.2. The van der Waals surface area contributed by atoms with E-state index in [1.807, 2.05) is 19.9 Å². The Bertz CT molecular complexity index is 4220. The SMILES string of the molecule is C=CC=C(C)C.c1ccc(-n2c3cc(-c4ccc5c(c4)c4ccccc4n5-c4cccc(-c5ccc(-c6ccc7c8c(cccc68)-c6ccccc6-7)cc5)c4)ccc3c3ccc4ccccc4c32)cc1. The van der Waals surface area contributed by atoms with Gasteiger partial charge in [0.15, 0.2) is 0 Å². The molecule has 70 heavy (non-hydrogen) atoms. The zero-order chi connectivity index (χ0) is 46.9. The molecule has 0 unspecified atom stereocenters. The van der Waals surface area contributed by atoms with Gasteiger partial charge in [-0.05, 0) is 134 Å². The van der Waals surface area contributed by atoms with E-state index in [0.717, 1.165) is 11.4 Å². The first-order chi connectivity index (χ1) is 34.5. The van der Waals surface area contributed by atoms with Crippen LogP contribution in [0.1, 0.15) is 13.8 Å². The van der Waals surface area contributed by atoms with Crippen molar-refractivity contribution in [1.82, 2.24) is 9.13 Å². The molecule has 11 aromatic carbocycles. The van der Waals surface area contributed by atoms with Gasteiger partial charge in [0.25, 0.3) is 0 Å². The largest absolute Gasteiger partial charge is 0.309 e. The number of fused-ring (bicyclic) bond motifs is 11. The van der Waals surface area contributed by atoms with Crippen LogP contribution in [0, 0.1) is 0 Å². The summed E-state index contributed by atoms with van der Waals surface area (Å²) >= 11 is 0. The van der Waals surface area contributed by atoms with Crippen LogP contribution in [0.5, 0.6) is 0 Å². The molecule has 1 aliphatic carbocycles. The van der Waals surface area contributed by atoms with Gasteiger partial charge in [0, 0.05) is 38.3 Å². The number of allylic oxidation sites excluding steroid dienone is 3. The highest BCUT2D eigenvalue weighted by molar-refractivity contribution is 6.20. The van der Waals surface area contributed by atoms with Crippen molar-refractivity contribution in [3.8, 4) is 67.0 Å². The van der Waals surface area contributed by atoms with Gasteiger partial charge in [-0.25, -0.2) is 0 Å². The van der Waals surface area contributed by atoms with E-state index in [0.29, 0.717) is 0 Å². The molecule has 0 aliphatic heterocycles. The lowest BCUT2D eigenvalue weighted by molar-refractivity contribution is 1.18. The molecule has 0 spiro atoms. The fraction of sp³-hybridized carbons (Fsp3) is 0.0294. The fourth-order valence-electron chi connectivity index (χ4n) is 11.2. The van der Waals surface area contributed by atoms with Gasteiger partial charge < -0.3 is 9.13 Å². The van der Waals surface area contributed by atoms with Crippen LogP contribution >= 0.6 is 0 Å². The number of benzene rings is 11. The van der Waals surface area contributed by atoms with E-state index in [2.05, 4.69) is 246 Å². The average Bonchev–Trinajstić information content (AvgIpc) is 4.05. The van der Waals surface area contributed by atoms with Crippen molar-refractivity contribution < 1.29 is 0 Å². The van der Waals surface area contributed by atoms with E-state index in [9.17, 15) is 0 Å².